The van der Waals surface area contributed by atoms with E-state index in [1.165, 1.54) is 31.4 Å². The van der Waals surface area contributed by atoms with E-state index in [1.807, 2.05) is 0 Å². The Kier molecular flexibility index (Phi) is 9.00. The highest BCUT2D eigenvalue weighted by Crippen LogP contribution is 2.35. The Morgan fingerprint density at radius 1 is 0.658 bits per heavy atom. The average molecular weight is 553 g/mol. The molecule has 38 heavy (non-hydrogen) atoms. The minimum Gasteiger partial charge on any atom is -0.744 e. The first kappa shape index (κ1) is 28.5. The van der Waals surface area contributed by atoms with Crippen molar-refractivity contribution in [1.29, 1.82) is 0 Å². The van der Waals surface area contributed by atoms with Crippen LogP contribution in [0.15, 0.2) is 111 Å². The van der Waals surface area contributed by atoms with E-state index in [0.717, 1.165) is 0 Å². The van der Waals surface area contributed by atoms with Crippen molar-refractivity contribution in [3.63, 3.8) is 0 Å². The van der Waals surface area contributed by atoms with Gasteiger partial charge in [-0.2, -0.15) is 0 Å². The van der Waals surface area contributed by atoms with Gasteiger partial charge in [0.25, 0.3) is 11.4 Å². The lowest BCUT2D eigenvalue weighted by molar-refractivity contribution is -0.394. The molecule has 0 aliphatic rings. The van der Waals surface area contributed by atoms with Gasteiger partial charge in [-0.1, -0.05) is 54.1 Å². The summed E-state index contributed by atoms with van der Waals surface area (Å²) >= 11 is 0. The van der Waals surface area contributed by atoms with Crippen LogP contribution < -0.4 is 0 Å². The van der Waals surface area contributed by atoms with Gasteiger partial charge in [-0.05, 0) is 45.0 Å². The number of non-ortho nitro benzene ring substituents is 2. The van der Waals surface area contributed by atoms with Crippen LogP contribution in [0.1, 0.15) is 16.7 Å². The summed E-state index contributed by atoms with van der Waals surface area (Å²) in [5.41, 5.74) is 2.44. The second-order valence-corrected chi connectivity index (χ2v) is 11.7. The third-order valence-corrected chi connectivity index (χ3v) is 8.71. The zero-order valence-corrected chi connectivity index (χ0v) is 22.4. The van der Waals surface area contributed by atoms with Crippen LogP contribution in [0.5, 0.6) is 0 Å². The largest absolute Gasteiger partial charge is 0.744 e. The summed E-state index contributed by atoms with van der Waals surface area (Å²) in [5, 5.41) is 20.7. The molecule has 0 spiro atoms. The molecule has 0 aliphatic heterocycles. The number of nitrogens with zero attached hydrogens (tertiary/aromatic N) is 2. The Labute approximate surface area is 223 Å². The Bertz CT molecular complexity index is 1480. The molecule has 0 atom stereocenters. The van der Waals surface area contributed by atoms with Crippen molar-refractivity contribution in [2.75, 3.05) is 0 Å². The van der Waals surface area contributed by atoms with Gasteiger partial charge in [-0.25, -0.2) is 8.42 Å². The zero-order chi connectivity index (χ0) is 28.0. The van der Waals surface area contributed by atoms with Crippen molar-refractivity contribution in [2.45, 2.75) is 40.4 Å². The molecule has 0 aliphatic carbocycles. The first-order chi connectivity index (χ1) is 17.9. The van der Waals surface area contributed by atoms with Crippen LogP contribution >= 0.6 is 0 Å². The first-order valence-electron chi connectivity index (χ1n) is 11.2. The quantitative estimate of drug-likeness (QED) is 0.121. The number of rotatable bonds is 6. The highest BCUT2D eigenvalue weighted by Gasteiger charge is 2.31. The van der Waals surface area contributed by atoms with Gasteiger partial charge in [0.2, 0.25) is 0 Å². The molecular formula is C27H24N2O7S2. The smallest absolute Gasteiger partial charge is 0.277 e. The highest BCUT2D eigenvalue weighted by molar-refractivity contribution is 7.97. The summed E-state index contributed by atoms with van der Waals surface area (Å²) < 4.78 is 31.7. The second-order valence-electron chi connectivity index (χ2n) is 8.31. The maximum atomic E-state index is 10.6. The van der Waals surface area contributed by atoms with Crippen molar-refractivity contribution in [3.8, 4) is 0 Å². The maximum absolute atomic E-state index is 10.6. The third-order valence-electron chi connectivity index (χ3n) is 5.35. The predicted octanol–water partition coefficient (Wildman–Crippen LogP) is 6.11. The van der Waals surface area contributed by atoms with E-state index in [0.29, 0.717) is 18.2 Å². The van der Waals surface area contributed by atoms with Crippen molar-refractivity contribution >= 4 is 32.4 Å². The van der Waals surface area contributed by atoms with E-state index in [1.54, 1.807) is 0 Å². The normalized spacial score (nSPS) is 11.0. The summed E-state index contributed by atoms with van der Waals surface area (Å²) in [6, 6.07) is 27.8. The molecule has 11 heteroatoms. The molecule has 4 aromatic rings. The fourth-order valence-electron chi connectivity index (χ4n) is 3.90. The fraction of sp³-hybridized carbons (Fsp3) is 0.111. The topological polar surface area (TPSA) is 143 Å². The van der Waals surface area contributed by atoms with E-state index in [2.05, 4.69) is 93.6 Å². The summed E-state index contributed by atoms with van der Waals surface area (Å²) in [4.78, 5) is 21.8. The van der Waals surface area contributed by atoms with Crippen LogP contribution in [0.4, 0.5) is 11.4 Å². The van der Waals surface area contributed by atoms with E-state index in [4.69, 9.17) is 0 Å². The number of aryl methyl sites for hydroxylation is 3. The molecule has 0 aromatic heterocycles. The molecule has 0 saturated carbocycles. The molecular weight excluding hydrogens is 528 g/mol. The van der Waals surface area contributed by atoms with Crippen LogP contribution in [-0.4, -0.2) is 22.8 Å². The lowest BCUT2D eigenvalue weighted by Crippen LogP contribution is -2.08. The van der Waals surface area contributed by atoms with Gasteiger partial charge in [-0.3, -0.25) is 20.2 Å². The van der Waals surface area contributed by atoms with Gasteiger partial charge >= 0.3 is 0 Å². The van der Waals surface area contributed by atoms with Crippen LogP contribution in [0.3, 0.4) is 0 Å². The summed E-state index contributed by atoms with van der Waals surface area (Å²) in [5.74, 6) is 0. The Hall–Kier alpha value is -4.06. The Balaban J connectivity index is 0.000000223. The molecule has 4 aromatic carbocycles. The standard InChI is InChI=1S/C21H21S.C6H4N2O7S/c1-16-14-17(2)21(18(3)15-16)22(19-10-6-4-7-11-19)20-12-8-5-9-13-20;9-7(10)4-1-5(8(11)12)3-6(2-4)16(13,14)15/h4-15H,1-3H3;1-3H,(H,13,14,15)/q+1;/p-1. The minimum atomic E-state index is -4.97. The van der Waals surface area contributed by atoms with E-state index in [9.17, 15) is 33.2 Å². The number of nitro benzene ring substituents is 2. The zero-order valence-electron chi connectivity index (χ0n) is 20.7. The summed E-state index contributed by atoms with van der Waals surface area (Å²) in [6.07, 6.45) is 0. The average Bonchev–Trinajstić information content (AvgIpc) is 2.86. The maximum Gasteiger partial charge on any atom is 0.277 e. The van der Waals surface area contributed by atoms with Gasteiger partial charge in [0.1, 0.15) is 10.1 Å². The van der Waals surface area contributed by atoms with Crippen molar-refractivity contribution < 1.29 is 22.8 Å². The van der Waals surface area contributed by atoms with E-state index in [-0.39, 0.29) is 10.9 Å². The third kappa shape index (κ3) is 7.03. The lowest BCUT2D eigenvalue weighted by Gasteiger charge is -2.13. The molecule has 0 N–H and O–H groups in total. The van der Waals surface area contributed by atoms with Gasteiger partial charge in [-0.15, -0.1) is 0 Å². The molecule has 0 bridgehead atoms. The van der Waals surface area contributed by atoms with Gasteiger partial charge in [0.05, 0.1) is 31.7 Å². The first-order valence-corrected chi connectivity index (χ1v) is 13.8. The van der Waals surface area contributed by atoms with E-state index < -0.39 is 36.2 Å². The summed E-state index contributed by atoms with van der Waals surface area (Å²) in [7, 11) is -5.02. The van der Waals surface area contributed by atoms with Gasteiger partial charge in [0.15, 0.2) is 14.7 Å². The molecule has 4 rings (SSSR count). The van der Waals surface area contributed by atoms with E-state index >= 15 is 0 Å². The van der Waals surface area contributed by atoms with Crippen LogP contribution in [-0.2, 0) is 21.0 Å². The van der Waals surface area contributed by atoms with Gasteiger partial charge < -0.3 is 4.55 Å². The lowest BCUT2D eigenvalue weighted by atomic mass is 10.1. The Morgan fingerprint density at radius 2 is 1.05 bits per heavy atom. The number of hydrogen-bond acceptors (Lipinski definition) is 7. The van der Waals surface area contributed by atoms with Crippen LogP contribution in [0, 0.1) is 41.0 Å². The molecule has 196 valence electrons. The van der Waals surface area contributed by atoms with Crippen molar-refractivity contribution in [2.24, 2.45) is 0 Å². The molecule has 0 radical (unpaired) electrons. The van der Waals surface area contributed by atoms with Gasteiger partial charge in [0, 0.05) is 23.3 Å². The minimum absolute atomic E-state index is 0.0460. The molecule has 9 nitrogen and oxygen atoms in total. The Morgan fingerprint density at radius 3 is 1.39 bits per heavy atom. The molecule has 0 saturated heterocycles. The molecule has 0 fully saturated rings. The number of hydrogen-bond donors (Lipinski definition) is 0. The highest BCUT2D eigenvalue weighted by atomic mass is 32.2. The monoisotopic (exact) mass is 552 g/mol. The SMILES string of the molecule is Cc1cc(C)c([S+](c2ccccc2)c2ccccc2)c(C)c1.O=[N+]([O-])c1cc([N+](=O)[O-])cc(S(=O)(=O)[O-])c1. The van der Waals surface area contributed by atoms with Crippen molar-refractivity contribution in [3.05, 3.63) is 128 Å². The summed E-state index contributed by atoms with van der Waals surface area (Å²) in [6.45, 7) is 6.65. The molecule has 0 amide bonds. The van der Waals surface area contributed by atoms with Crippen LogP contribution in [0.25, 0.3) is 0 Å². The van der Waals surface area contributed by atoms with Crippen molar-refractivity contribution in [1.82, 2.24) is 0 Å². The number of nitro groups is 2. The molecule has 0 heterocycles. The molecule has 0 unspecified atom stereocenters. The van der Waals surface area contributed by atoms with Crippen LogP contribution in [0.2, 0.25) is 0 Å². The predicted molar refractivity (Wildman–Crippen MR) is 143 cm³/mol. The second kappa shape index (κ2) is 12.0. The number of benzene rings is 4. The fourth-order valence-corrected chi connectivity index (χ4v) is 6.79.